The fraction of sp³-hybridized carbons (Fsp3) is 0.500. The van der Waals surface area contributed by atoms with E-state index >= 15 is 0 Å². The number of hydrogen-bond donors (Lipinski definition) is 3. The summed E-state index contributed by atoms with van der Waals surface area (Å²) in [7, 11) is 0. The lowest BCUT2D eigenvalue weighted by atomic mass is 10.1. The molecule has 3 N–H and O–H groups in total. The van der Waals surface area contributed by atoms with Crippen LogP contribution >= 0.6 is 24.0 Å². The average molecular weight is 472 g/mol. The van der Waals surface area contributed by atoms with Gasteiger partial charge < -0.3 is 16.0 Å². The van der Waals surface area contributed by atoms with E-state index in [1.165, 1.54) is 0 Å². The van der Waals surface area contributed by atoms with Gasteiger partial charge >= 0.3 is 6.18 Å². The molecule has 0 bridgehead atoms. The molecule has 0 spiro atoms. The van der Waals surface area contributed by atoms with Gasteiger partial charge in [-0.25, -0.2) is 0 Å². The zero-order chi connectivity index (χ0) is 18.0. The number of aryl methyl sites for hydroxylation is 1. The molecule has 1 rings (SSSR count). The van der Waals surface area contributed by atoms with Gasteiger partial charge in [0.05, 0.1) is 13.0 Å². The van der Waals surface area contributed by atoms with Crippen LogP contribution in [0.4, 0.5) is 13.2 Å². The molecule has 0 saturated heterocycles. The second kappa shape index (κ2) is 11.9. The van der Waals surface area contributed by atoms with Crippen molar-refractivity contribution in [1.82, 2.24) is 16.0 Å². The van der Waals surface area contributed by atoms with E-state index < -0.39 is 12.6 Å². The van der Waals surface area contributed by atoms with Crippen LogP contribution in [0.25, 0.3) is 0 Å². The van der Waals surface area contributed by atoms with Crippen LogP contribution in [0, 0.1) is 6.92 Å². The van der Waals surface area contributed by atoms with E-state index in [9.17, 15) is 18.0 Å². The number of benzene rings is 1. The molecule has 0 atom stereocenters. The SMILES string of the molecule is CCNC(=NCCC(F)(F)F)NCCNC(=O)c1cccc(C)c1.I. The second-order valence-corrected chi connectivity index (χ2v) is 5.18. The van der Waals surface area contributed by atoms with Crippen LogP contribution in [-0.2, 0) is 0 Å². The minimum Gasteiger partial charge on any atom is -0.357 e. The number of nitrogens with zero attached hydrogens (tertiary/aromatic N) is 1. The Hall–Kier alpha value is -1.52. The van der Waals surface area contributed by atoms with E-state index in [1.807, 2.05) is 19.9 Å². The zero-order valence-corrected chi connectivity index (χ0v) is 16.6. The number of hydrogen-bond acceptors (Lipinski definition) is 2. The van der Waals surface area contributed by atoms with Crippen molar-refractivity contribution >= 4 is 35.8 Å². The number of carbonyl (C=O) groups excluding carboxylic acids is 1. The number of nitrogens with one attached hydrogen (secondary N) is 3. The molecule has 0 aliphatic rings. The standard InChI is InChI=1S/C16H23F3N4O.HI/c1-3-20-15(22-8-7-16(17,18)19)23-10-9-21-14(24)13-6-4-5-12(2)11-13;/h4-6,11H,3,7-10H2,1-2H3,(H,21,24)(H2,20,22,23);1H. The molecule has 0 radical (unpaired) electrons. The molecule has 0 aliphatic heterocycles. The molecular formula is C16H24F3IN4O. The molecule has 0 aliphatic carbocycles. The quantitative estimate of drug-likeness (QED) is 0.248. The van der Waals surface area contributed by atoms with Crippen molar-refractivity contribution in [3.63, 3.8) is 0 Å². The zero-order valence-electron chi connectivity index (χ0n) is 14.2. The Morgan fingerprint density at radius 3 is 2.44 bits per heavy atom. The summed E-state index contributed by atoms with van der Waals surface area (Å²) in [6.45, 7) is 4.60. The molecule has 5 nitrogen and oxygen atoms in total. The van der Waals surface area contributed by atoms with Crippen molar-refractivity contribution in [2.24, 2.45) is 4.99 Å². The topological polar surface area (TPSA) is 65.5 Å². The predicted molar refractivity (Wildman–Crippen MR) is 104 cm³/mol. The Morgan fingerprint density at radius 2 is 1.84 bits per heavy atom. The highest BCUT2D eigenvalue weighted by atomic mass is 127. The van der Waals surface area contributed by atoms with E-state index in [0.29, 0.717) is 31.2 Å². The summed E-state index contributed by atoms with van der Waals surface area (Å²) >= 11 is 0. The Morgan fingerprint density at radius 1 is 1.16 bits per heavy atom. The number of carbonyl (C=O) groups is 1. The summed E-state index contributed by atoms with van der Waals surface area (Å²) in [6.07, 6.45) is -5.18. The van der Waals surface area contributed by atoms with Crippen LogP contribution in [0.1, 0.15) is 29.3 Å². The van der Waals surface area contributed by atoms with Crippen LogP contribution in [-0.4, -0.2) is 44.2 Å². The lowest BCUT2D eigenvalue weighted by Gasteiger charge is -2.12. The minimum atomic E-state index is -4.22. The molecule has 1 aromatic rings. The van der Waals surface area contributed by atoms with E-state index in [-0.39, 0.29) is 36.4 Å². The summed E-state index contributed by atoms with van der Waals surface area (Å²) in [5.74, 6) is 0.103. The Balaban J connectivity index is 0.00000576. The van der Waals surface area contributed by atoms with Gasteiger partial charge in [-0.2, -0.15) is 13.2 Å². The monoisotopic (exact) mass is 472 g/mol. The molecule has 9 heteroatoms. The number of rotatable bonds is 7. The van der Waals surface area contributed by atoms with Crippen molar-refractivity contribution in [2.75, 3.05) is 26.2 Å². The fourth-order valence-corrected chi connectivity index (χ4v) is 1.88. The van der Waals surface area contributed by atoms with Crippen molar-refractivity contribution in [3.05, 3.63) is 35.4 Å². The largest absolute Gasteiger partial charge is 0.390 e. The highest BCUT2D eigenvalue weighted by Gasteiger charge is 2.26. The highest BCUT2D eigenvalue weighted by Crippen LogP contribution is 2.18. The number of alkyl halides is 3. The lowest BCUT2D eigenvalue weighted by Crippen LogP contribution is -2.41. The first-order valence-electron chi connectivity index (χ1n) is 7.75. The van der Waals surface area contributed by atoms with E-state index in [4.69, 9.17) is 0 Å². The smallest absolute Gasteiger partial charge is 0.357 e. The van der Waals surface area contributed by atoms with Gasteiger partial charge in [0.2, 0.25) is 0 Å². The van der Waals surface area contributed by atoms with Gasteiger partial charge in [0.1, 0.15) is 0 Å². The van der Waals surface area contributed by atoms with Crippen molar-refractivity contribution in [2.45, 2.75) is 26.4 Å². The molecule has 1 amide bonds. The van der Waals surface area contributed by atoms with Crippen LogP contribution in [0.5, 0.6) is 0 Å². The van der Waals surface area contributed by atoms with E-state index in [1.54, 1.807) is 18.2 Å². The summed E-state index contributed by atoms with van der Waals surface area (Å²) in [6, 6.07) is 7.21. The molecule has 0 unspecified atom stereocenters. The third kappa shape index (κ3) is 10.8. The third-order valence-electron chi connectivity index (χ3n) is 2.99. The van der Waals surface area contributed by atoms with Crippen molar-refractivity contribution < 1.29 is 18.0 Å². The lowest BCUT2D eigenvalue weighted by molar-refractivity contribution is -0.132. The Kier molecular flexibility index (Phi) is 11.2. The minimum absolute atomic E-state index is 0. The van der Waals surface area contributed by atoms with Gasteiger partial charge in [-0.3, -0.25) is 9.79 Å². The molecular weight excluding hydrogens is 448 g/mol. The van der Waals surface area contributed by atoms with Gasteiger partial charge in [-0.15, -0.1) is 24.0 Å². The summed E-state index contributed by atoms with van der Waals surface area (Å²) in [4.78, 5) is 15.8. The van der Waals surface area contributed by atoms with Gasteiger partial charge in [0.25, 0.3) is 5.91 Å². The summed E-state index contributed by atoms with van der Waals surface area (Å²) < 4.78 is 36.4. The normalized spacial score (nSPS) is 11.5. The molecule has 0 heterocycles. The first-order chi connectivity index (χ1) is 11.3. The van der Waals surface area contributed by atoms with Gasteiger partial charge in [0, 0.05) is 25.2 Å². The van der Waals surface area contributed by atoms with Crippen LogP contribution in [0.15, 0.2) is 29.3 Å². The van der Waals surface area contributed by atoms with E-state index in [0.717, 1.165) is 5.56 Å². The highest BCUT2D eigenvalue weighted by molar-refractivity contribution is 14.0. The maximum absolute atomic E-state index is 12.1. The first-order valence-corrected chi connectivity index (χ1v) is 7.75. The van der Waals surface area contributed by atoms with Crippen LogP contribution in [0.2, 0.25) is 0 Å². The third-order valence-corrected chi connectivity index (χ3v) is 2.99. The van der Waals surface area contributed by atoms with Crippen LogP contribution in [0.3, 0.4) is 0 Å². The Labute approximate surface area is 162 Å². The average Bonchev–Trinajstić information content (AvgIpc) is 2.50. The van der Waals surface area contributed by atoms with Gasteiger partial charge in [0.15, 0.2) is 5.96 Å². The molecule has 0 saturated carbocycles. The van der Waals surface area contributed by atoms with Crippen molar-refractivity contribution in [3.8, 4) is 0 Å². The first kappa shape index (κ1) is 23.5. The van der Waals surface area contributed by atoms with Gasteiger partial charge in [-0.1, -0.05) is 17.7 Å². The number of halogens is 4. The second-order valence-electron chi connectivity index (χ2n) is 5.18. The van der Waals surface area contributed by atoms with Gasteiger partial charge in [-0.05, 0) is 26.0 Å². The number of aliphatic imine (C=N–C) groups is 1. The van der Waals surface area contributed by atoms with E-state index in [2.05, 4.69) is 20.9 Å². The Bertz CT molecular complexity index is 565. The number of guanidine groups is 1. The molecule has 142 valence electrons. The molecule has 0 aromatic heterocycles. The maximum Gasteiger partial charge on any atom is 0.390 e. The molecule has 0 fully saturated rings. The summed E-state index contributed by atoms with van der Waals surface area (Å²) in [5, 5.41) is 8.48. The van der Waals surface area contributed by atoms with Crippen molar-refractivity contribution in [1.29, 1.82) is 0 Å². The van der Waals surface area contributed by atoms with Crippen LogP contribution < -0.4 is 16.0 Å². The molecule has 25 heavy (non-hydrogen) atoms. The summed E-state index contributed by atoms with van der Waals surface area (Å²) in [5.41, 5.74) is 1.56. The molecule has 1 aromatic carbocycles. The fourth-order valence-electron chi connectivity index (χ4n) is 1.88. The maximum atomic E-state index is 12.1. The number of amides is 1. The predicted octanol–water partition coefficient (Wildman–Crippen LogP) is 2.85.